The van der Waals surface area contributed by atoms with E-state index < -0.39 is 5.91 Å². The van der Waals surface area contributed by atoms with Crippen LogP contribution >= 0.6 is 0 Å². The largest absolute Gasteiger partial charge is 0.383 e. The van der Waals surface area contributed by atoms with Crippen molar-refractivity contribution in [1.29, 1.82) is 0 Å². The van der Waals surface area contributed by atoms with Gasteiger partial charge in [0.25, 0.3) is 5.91 Å². The predicted molar refractivity (Wildman–Crippen MR) is 56.1 cm³/mol. The maximum atomic E-state index is 11.4. The van der Waals surface area contributed by atoms with Gasteiger partial charge in [0, 0.05) is 26.3 Å². The molecule has 1 saturated heterocycles. The van der Waals surface area contributed by atoms with Crippen LogP contribution in [0.3, 0.4) is 0 Å². The molecule has 0 bridgehead atoms. The number of carbonyl (C=O) groups excluding carboxylic acids is 2. The zero-order chi connectivity index (χ0) is 11.5. The third-order valence-corrected chi connectivity index (χ3v) is 2.50. The van der Waals surface area contributed by atoms with Crippen molar-refractivity contribution in [2.75, 3.05) is 25.2 Å². The van der Waals surface area contributed by atoms with E-state index in [0.29, 0.717) is 31.8 Å². The molecule has 6 heteroatoms. The number of amides is 1. The number of hydrogen-bond donors (Lipinski definition) is 0. The molecule has 86 valence electrons. The molecule has 1 aliphatic rings. The number of ether oxygens (including phenoxy) is 1. The van der Waals surface area contributed by atoms with E-state index in [9.17, 15) is 9.59 Å². The van der Waals surface area contributed by atoms with E-state index in [0.717, 1.165) is 0 Å². The van der Waals surface area contributed by atoms with Gasteiger partial charge in [0.1, 0.15) is 0 Å². The number of ketones is 1. The molecule has 0 saturated carbocycles. The second kappa shape index (κ2) is 4.44. The highest BCUT2D eigenvalue weighted by Gasteiger charge is 2.30. The van der Waals surface area contributed by atoms with Crippen molar-refractivity contribution < 1.29 is 14.3 Å². The summed E-state index contributed by atoms with van der Waals surface area (Å²) in [5.41, 5.74) is 0.673. The SMILES string of the molecule is COCCn1cc(N2CCC(=O)C2=O)cn1. The van der Waals surface area contributed by atoms with Crippen molar-refractivity contribution in [3.8, 4) is 0 Å². The van der Waals surface area contributed by atoms with Crippen LogP contribution in [-0.2, 0) is 20.9 Å². The maximum absolute atomic E-state index is 11.4. The molecule has 0 unspecified atom stereocenters. The molecule has 0 spiro atoms. The van der Waals surface area contributed by atoms with Crippen LogP contribution in [0.15, 0.2) is 12.4 Å². The van der Waals surface area contributed by atoms with Crippen LogP contribution in [0.5, 0.6) is 0 Å². The quantitative estimate of drug-likeness (QED) is 0.665. The van der Waals surface area contributed by atoms with E-state index in [1.165, 1.54) is 4.90 Å². The van der Waals surface area contributed by atoms with Gasteiger partial charge in [-0.2, -0.15) is 5.10 Å². The summed E-state index contributed by atoms with van der Waals surface area (Å²) >= 11 is 0. The number of hydrogen-bond acceptors (Lipinski definition) is 4. The summed E-state index contributed by atoms with van der Waals surface area (Å²) in [5.74, 6) is -0.768. The Morgan fingerprint density at radius 1 is 1.50 bits per heavy atom. The molecule has 0 aromatic carbocycles. The molecule has 0 radical (unpaired) electrons. The fourth-order valence-electron chi connectivity index (χ4n) is 1.62. The van der Waals surface area contributed by atoms with E-state index in [4.69, 9.17) is 4.74 Å². The lowest BCUT2D eigenvalue weighted by molar-refractivity contribution is -0.133. The third kappa shape index (κ3) is 1.96. The zero-order valence-corrected chi connectivity index (χ0v) is 9.05. The monoisotopic (exact) mass is 223 g/mol. The lowest BCUT2D eigenvalue weighted by Crippen LogP contribution is -2.26. The Kier molecular flexibility index (Phi) is 3.00. The third-order valence-electron chi connectivity index (χ3n) is 2.50. The van der Waals surface area contributed by atoms with Crippen molar-refractivity contribution in [3.05, 3.63) is 12.4 Å². The first-order valence-corrected chi connectivity index (χ1v) is 5.08. The topological polar surface area (TPSA) is 64.4 Å². The van der Waals surface area contributed by atoms with Crippen LogP contribution in [-0.4, -0.2) is 41.7 Å². The van der Waals surface area contributed by atoms with E-state index in [1.807, 2.05) is 0 Å². The van der Waals surface area contributed by atoms with Gasteiger partial charge in [0.15, 0.2) is 0 Å². The van der Waals surface area contributed by atoms with Gasteiger partial charge in [-0.3, -0.25) is 14.3 Å². The normalized spacial score (nSPS) is 16.2. The van der Waals surface area contributed by atoms with Gasteiger partial charge in [0.05, 0.1) is 25.0 Å². The van der Waals surface area contributed by atoms with Crippen molar-refractivity contribution in [2.24, 2.45) is 0 Å². The van der Waals surface area contributed by atoms with E-state index in [-0.39, 0.29) is 5.78 Å². The summed E-state index contributed by atoms with van der Waals surface area (Å²) in [4.78, 5) is 24.0. The van der Waals surface area contributed by atoms with Crippen LogP contribution < -0.4 is 4.90 Å². The van der Waals surface area contributed by atoms with Crippen molar-refractivity contribution in [1.82, 2.24) is 9.78 Å². The fourth-order valence-corrected chi connectivity index (χ4v) is 1.62. The fraction of sp³-hybridized carbons (Fsp3) is 0.500. The lowest BCUT2D eigenvalue weighted by atomic mass is 10.3. The molecule has 1 fully saturated rings. The summed E-state index contributed by atoms with van der Waals surface area (Å²) in [6.07, 6.45) is 3.63. The standard InChI is InChI=1S/C10H13N3O3/c1-16-5-4-12-7-8(6-11-12)13-3-2-9(14)10(13)15/h6-7H,2-5H2,1H3. The second-order valence-corrected chi connectivity index (χ2v) is 3.58. The number of anilines is 1. The Morgan fingerprint density at radius 2 is 2.31 bits per heavy atom. The average molecular weight is 223 g/mol. The Morgan fingerprint density at radius 3 is 2.94 bits per heavy atom. The maximum Gasteiger partial charge on any atom is 0.294 e. The number of aromatic nitrogens is 2. The van der Waals surface area contributed by atoms with Gasteiger partial charge in [-0.1, -0.05) is 0 Å². The Labute approximate surface area is 92.8 Å². The summed E-state index contributed by atoms with van der Waals surface area (Å²) in [5, 5.41) is 4.09. The van der Waals surface area contributed by atoms with Crippen molar-refractivity contribution in [3.63, 3.8) is 0 Å². The smallest absolute Gasteiger partial charge is 0.294 e. The van der Waals surface area contributed by atoms with Gasteiger partial charge in [-0.15, -0.1) is 0 Å². The van der Waals surface area contributed by atoms with Crippen molar-refractivity contribution in [2.45, 2.75) is 13.0 Å². The summed E-state index contributed by atoms with van der Waals surface area (Å²) in [7, 11) is 1.62. The van der Waals surface area contributed by atoms with Crippen LogP contribution in [0.2, 0.25) is 0 Å². The summed E-state index contributed by atoms with van der Waals surface area (Å²) < 4.78 is 6.61. The van der Waals surface area contributed by atoms with Gasteiger partial charge in [-0.25, -0.2) is 0 Å². The molecule has 0 atom stereocenters. The molecule has 2 rings (SSSR count). The molecule has 6 nitrogen and oxygen atoms in total. The van der Waals surface area contributed by atoms with Crippen LogP contribution in [0, 0.1) is 0 Å². The molecule has 1 aliphatic heterocycles. The number of nitrogens with zero attached hydrogens (tertiary/aromatic N) is 3. The van der Waals surface area contributed by atoms with E-state index in [1.54, 1.807) is 24.2 Å². The Balaban J connectivity index is 2.07. The van der Waals surface area contributed by atoms with Crippen LogP contribution in [0.25, 0.3) is 0 Å². The number of carbonyl (C=O) groups is 2. The minimum absolute atomic E-state index is 0.294. The van der Waals surface area contributed by atoms with Gasteiger partial charge in [0.2, 0.25) is 5.78 Å². The van der Waals surface area contributed by atoms with Gasteiger partial charge < -0.3 is 9.64 Å². The molecule has 2 heterocycles. The highest BCUT2D eigenvalue weighted by atomic mass is 16.5. The molecule has 1 aromatic rings. The molecular weight excluding hydrogens is 210 g/mol. The van der Waals surface area contributed by atoms with Crippen LogP contribution in [0.1, 0.15) is 6.42 Å². The Bertz CT molecular complexity index is 413. The molecule has 0 N–H and O–H groups in total. The van der Waals surface area contributed by atoms with E-state index in [2.05, 4.69) is 5.10 Å². The van der Waals surface area contributed by atoms with E-state index >= 15 is 0 Å². The Hall–Kier alpha value is -1.69. The van der Waals surface area contributed by atoms with Crippen molar-refractivity contribution >= 4 is 17.4 Å². The number of rotatable bonds is 4. The highest BCUT2D eigenvalue weighted by Crippen LogP contribution is 2.18. The number of methoxy groups -OCH3 is 1. The predicted octanol–water partition coefficient (Wildman–Crippen LogP) is -0.165. The zero-order valence-electron chi connectivity index (χ0n) is 9.05. The highest BCUT2D eigenvalue weighted by molar-refractivity contribution is 6.43. The first kappa shape index (κ1) is 10.8. The molecule has 0 aliphatic carbocycles. The lowest BCUT2D eigenvalue weighted by Gasteiger charge is -2.10. The molecular formula is C10H13N3O3. The summed E-state index contributed by atoms with van der Waals surface area (Å²) in [6.45, 7) is 1.65. The van der Waals surface area contributed by atoms with Gasteiger partial charge in [-0.05, 0) is 0 Å². The first-order valence-electron chi connectivity index (χ1n) is 5.08. The second-order valence-electron chi connectivity index (χ2n) is 3.58. The minimum Gasteiger partial charge on any atom is -0.383 e. The van der Waals surface area contributed by atoms with Gasteiger partial charge >= 0.3 is 0 Å². The molecule has 16 heavy (non-hydrogen) atoms. The molecule has 1 aromatic heterocycles. The summed E-state index contributed by atoms with van der Waals surface area (Å²) in [6, 6.07) is 0. The average Bonchev–Trinajstić information content (AvgIpc) is 2.85. The molecule has 1 amide bonds. The minimum atomic E-state index is -0.439. The first-order chi connectivity index (χ1) is 7.72. The number of Topliss-reactive ketones (excluding diaryl/α,β-unsaturated/α-hetero) is 1. The van der Waals surface area contributed by atoms with Crippen LogP contribution in [0.4, 0.5) is 5.69 Å².